The predicted octanol–water partition coefficient (Wildman–Crippen LogP) is 3.22. The SMILES string of the molecule is COC(=O)c1c(O)cc(C)cc1-c1cccs1. The molecule has 2 rings (SSSR count). The third-order valence-corrected chi connectivity index (χ3v) is 3.34. The van der Waals surface area contributed by atoms with Crippen molar-refractivity contribution in [2.75, 3.05) is 7.11 Å². The van der Waals surface area contributed by atoms with E-state index in [4.69, 9.17) is 4.74 Å². The minimum absolute atomic E-state index is 0.0414. The maximum Gasteiger partial charge on any atom is 0.342 e. The number of hydrogen-bond donors (Lipinski definition) is 1. The van der Waals surface area contributed by atoms with Crippen LogP contribution < -0.4 is 0 Å². The molecule has 17 heavy (non-hydrogen) atoms. The Kier molecular flexibility index (Phi) is 3.15. The van der Waals surface area contributed by atoms with Gasteiger partial charge in [0.1, 0.15) is 11.3 Å². The molecular weight excluding hydrogens is 236 g/mol. The second kappa shape index (κ2) is 4.59. The fourth-order valence-electron chi connectivity index (χ4n) is 1.71. The topological polar surface area (TPSA) is 46.5 Å². The highest BCUT2D eigenvalue weighted by Crippen LogP contribution is 2.34. The molecule has 4 heteroatoms. The molecule has 0 bridgehead atoms. The lowest BCUT2D eigenvalue weighted by atomic mass is 10.0. The summed E-state index contributed by atoms with van der Waals surface area (Å²) in [4.78, 5) is 12.6. The Morgan fingerprint density at radius 1 is 1.41 bits per heavy atom. The van der Waals surface area contributed by atoms with Crippen molar-refractivity contribution in [1.82, 2.24) is 0 Å². The van der Waals surface area contributed by atoms with Gasteiger partial charge in [-0.05, 0) is 36.1 Å². The minimum Gasteiger partial charge on any atom is -0.507 e. The van der Waals surface area contributed by atoms with Crippen molar-refractivity contribution in [2.24, 2.45) is 0 Å². The lowest BCUT2D eigenvalue weighted by Crippen LogP contribution is -2.04. The van der Waals surface area contributed by atoms with E-state index >= 15 is 0 Å². The van der Waals surface area contributed by atoms with Crippen LogP contribution >= 0.6 is 11.3 Å². The molecule has 1 N–H and O–H groups in total. The standard InChI is InChI=1S/C13H12O3S/c1-8-6-9(11-4-3-5-17-11)12(10(14)7-8)13(15)16-2/h3-7,14H,1-2H3. The van der Waals surface area contributed by atoms with Gasteiger partial charge in [0, 0.05) is 10.4 Å². The van der Waals surface area contributed by atoms with E-state index in [1.54, 1.807) is 6.07 Å². The minimum atomic E-state index is -0.522. The van der Waals surface area contributed by atoms with Gasteiger partial charge in [0.05, 0.1) is 7.11 Å². The molecule has 1 aromatic heterocycles. The number of phenols is 1. The van der Waals surface area contributed by atoms with Crippen molar-refractivity contribution in [3.8, 4) is 16.2 Å². The third-order valence-electron chi connectivity index (χ3n) is 2.44. The Morgan fingerprint density at radius 2 is 2.18 bits per heavy atom. The van der Waals surface area contributed by atoms with Gasteiger partial charge < -0.3 is 9.84 Å². The fraction of sp³-hybridized carbons (Fsp3) is 0.154. The Morgan fingerprint density at radius 3 is 2.76 bits per heavy atom. The van der Waals surface area contributed by atoms with Crippen LogP contribution in [0.4, 0.5) is 0 Å². The molecule has 1 heterocycles. The number of phenolic OH excluding ortho intramolecular Hbond substituents is 1. The lowest BCUT2D eigenvalue weighted by Gasteiger charge is -2.09. The van der Waals surface area contributed by atoms with Crippen molar-refractivity contribution in [3.05, 3.63) is 40.8 Å². The molecule has 0 atom stereocenters. The van der Waals surface area contributed by atoms with Gasteiger partial charge in [0.25, 0.3) is 0 Å². The number of carbonyl (C=O) groups excluding carboxylic acids is 1. The van der Waals surface area contributed by atoms with Gasteiger partial charge in [-0.25, -0.2) is 4.79 Å². The van der Waals surface area contributed by atoms with Crippen LogP contribution in [0.5, 0.6) is 5.75 Å². The van der Waals surface area contributed by atoms with Crippen LogP contribution in [-0.4, -0.2) is 18.2 Å². The molecule has 0 radical (unpaired) electrons. The molecule has 1 aromatic carbocycles. The van der Waals surface area contributed by atoms with E-state index in [-0.39, 0.29) is 11.3 Å². The van der Waals surface area contributed by atoms with Crippen molar-refractivity contribution < 1.29 is 14.6 Å². The first kappa shape index (κ1) is 11.7. The molecule has 0 aliphatic heterocycles. The smallest absolute Gasteiger partial charge is 0.342 e. The molecule has 88 valence electrons. The maximum atomic E-state index is 11.7. The number of hydrogen-bond acceptors (Lipinski definition) is 4. The Labute approximate surface area is 103 Å². The highest BCUT2D eigenvalue weighted by molar-refractivity contribution is 7.13. The number of benzene rings is 1. The number of ether oxygens (including phenoxy) is 1. The molecule has 3 nitrogen and oxygen atoms in total. The largest absolute Gasteiger partial charge is 0.507 e. The molecule has 0 saturated carbocycles. The quantitative estimate of drug-likeness (QED) is 0.830. The highest BCUT2D eigenvalue weighted by atomic mass is 32.1. The lowest BCUT2D eigenvalue weighted by molar-refractivity contribution is 0.0598. The summed E-state index contributed by atoms with van der Waals surface area (Å²) < 4.78 is 4.70. The molecule has 0 aliphatic rings. The van der Waals surface area contributed by atoms with E-state index in [1.807, 2.05) is 30.5 Å². The average molecular weight is 248 g/mol. The van der Waals surface area contributed by atoms with Crippen LogP contribution in [0, 0.1) is 6.92 Å². The third kappa shape index (κ3) is 2.17. The summed E-state index contributed by atoms with van der Waals surface area (Å²) in [7, 11) is 1.31. The number of rotatable bonds is 2. The van der Waals surface area contributed by atoms with Crippen LogP contribution in [0.25, 0.3) is 10.4 Å². The van der Waals surface area contributed by atoms with Gasteiger partial charge in [0.2, 0.25) is 0 Å². The summed E-state index contributed by atoms with van der Waals surface area (Å²) in [6.45, 7) is 1.87. The van der Waals surface area contributed by atoms with Crippen molar-refractivity contribution in [3.63, 3.8) is 0 Å². The molecule has 0 spiro atoms. The summed E-state index contributed by atoms with van der Waals surface area (Å²) in [6, 6.07) is 7.24. The molecule has 0 aliphatic carbocycles. The van der Waals surface area contributed by atoms with Crippen LogP contribution in [0.15, 0.2) is 29.6 Å². The normalized spacial score (nSPS) is 10.2. The van der Waals surface area contributed by atoms with E-state index in [9.17, 15) is 9.90 Å². The predicted molar refractivity (Wildman–Crippen MR) is 67.5 cm³/mol. The van der Waals surface area contributed by atoms with Crippen LogP contribution in [0.2, 0.25) is 0 Å². The van der Waals surface area contributed by atoms with E-state index in [0.29, 0.717) is 5.56 Å². The van der Waals surface area contributed by atoms with Crippen molar-refractivity contribution >= 4 is 17.3 Å². The van der Waals surface area contributed by atoms with Gasteiger partial charge in [-0.2, -0.15) is 0 Å². The molecule has 0 unspecified atom stereocenters. The Hall–Kier alpha value is -1.81. The van der Waals surface area contributed by atoms with E-state index in [1.165, 1.54) is 18.4 Å². The van der Waals surface area contributed by atoms with Crippen LogP contribution in [-0.2, 0) is 4.74 Å². The monoisotopic (exact) mass is 248 g/mol. The maximum absolute atomic E-state index is 11.7. The van der Waals surface area contributed by atoms with E-state index in [2.05, 4.69) is 0 Å². The van der Waals surface area contributed by atoms with Crippen molar-refractivity contribution in [2.45, 2.75) is 6.92 Å². The van der Waals surface area contributed by atoms with E-state index < -0.39 is 5.97 Å². The summed E-state index contributed by atoms with van der Waals surface area (Å²) in [5, 5.41) is 11.8. The number of thiophene rings is 1. The Balaban J connectivity index is 2.68. The molecule has 0 amide bonds. The average Bonchev–Trinajstić information content (AvgIpc) is 2.80. The fourth-order valence-corrected chi connectivity index (χ4v) is 2.46. The summed E-state index contributed by atoms with van der Waals surface area (Å²) in [5.41, 5.74) is 1.84. The van der Waals surface area contributed by atoms with Crippen LogP contribution in [0.1, 0.15) is 15.9 Å². The number of aromatic hydroxyl groups is 1. The molecule has 2 aromatic rings. The second-order valence-corrected chi connectivity index (χ2v) is 4.62. The van der Waals surface area contributed by atoms with E-state index in [0.717, 1.165) is 10.4 Å². The number of esters is 1. The number of methoxy groups -OCH3 is 1. The number of aryl methyl sites for hydroxylation is 1. The van der Waals surface area contributed by atoms with Gasteiger partial charge >= 0.3 is 5.97 Å². The summed E-state index contributed by atoms with van der Waals surface area (Å²) >= 11 is 1.52. The van der Waals surface area contributed by atoms with Crippen LogP contribution in [0.3, 0.4) is 0 Å². The first-order chi connectivity index (χ1) is 8.13. The summed E-state index contributed by atoms with van der Waals surface area (Å²) in [5.74, 6) is -0.564. The van der Waals surface area contributed by atoms with Gasteiger partial charge in [0.15, 0.2) is 0 Å². The van der Waals surface area contributed by atoms with Crippen molar-refractivity contribution in [1.29, 1.82) is 0 Å². The van der Waals surface area contributed by atoms with Gasteiger partial charge in [-0.15, -0.1) is 11.3 Å². The molecule has 0 saturated heterocycles. The zero-order valence-corrected chi connectivity index (χ0v) is 10.4. The first-order valence-corrected chi connectivity index (χ1v) is 5.97. The number of carbonyl (C=O) groups is 1. The zero-order chi connectivity index (χ0) is 12.4. The summed E-state index contributed by atoms with van der Waals surface area (Å²) in [6.07, 6.45) is 0. The molecule has 0 fully saturated rings. The zero-order valence-electron chi connectivity index (χ0n) is 9.56. The molecular formula is C13H12O3S. The first-order valence-electron chi connectivity index (χ1n) is 5.09. The van der Waals surface area contributed by atoms with Gasteiger partial charge in [-0.1, -0.05) is 6.07 Å². The van der Waals surface area contributed by atoms with Gasteiger partial charge in [-0.3, -0.25) is 0 Å². The second-order valence-electron chi connectivity index (χ2n) is 3.68. The highest BCUT2D eigenvalue weighted by Gasteiger charge is 2.19. The Bertz CT molecular complexity index is 544.